The number of amidine groups is 1. The number of hydrogen-bond donors (Lipinski definition) is 3. The fourth-order valence-electron chi connectivity index (χ4n) is 2.34. The summed E-state index contributed by atoms with van der Waals surface area (Å²) in [6.45, 7) is 1.51. The molecule has 0 atom stereocenters. The van der Waals surface area contributed by atoms with E-state index in [0.29, 0.717) is 17.1 Å². The van der Waals surface area contributed by atoms with E-state index in [1.54, 1.807) is 13.2 Å². The minimum absolute atomic E-state index is 0.358. The molecule has 1 aliphatic heterocycles. The van der Waals surface area contributed by atoms with Crippen LogP contribution < -0.4 is 20.7 Å². The summed E-state index contributed by atoms with van der Waals surface area (Å²) in [7, 11) is 1.56. The Kier molecular flexibility index (Phi) is 4.60. The molecule has 2 aromatic carbocycles. The molecule has 3 N–H and O–H groups in total. The van der Waals surface area contributed by atoms with Gasteiger partial charge in [0.05, 0.1) is 13.7 Å². The number of carbonyl (C=O) groups excluding carboxylic acids is 1. The van der Waals surface area contributed by atoms with Gasteiger partial charge in [-0.1, -0.05) is 0 Å². The lowest BCUT2D eigenvalue weighted by Crippen LogP contribution is -2.21. The summed E-state index contributed by atoms with van der Waals surface area (Å²) in [6.07, 6.45) is 0. The van der Waals surface area contributed by atoms with Crippen LogP contribution in [-0.2, 0) is 0 Å². The molecular formula is C17H17FN4O2. The summed E-state index contributed by atoms with van der Waals surface area (Å²) in [5.74, 6) is 1.03. The Morgan fingerprint density at radius 3 is 2.58 bits per heavy atom. The minimum atomic E-state index is -0.429. The number of nitrogens with one attached hydrogen (secondary N) is 3. The zero-order chi connectivity index (χ0) is 16.9. The van der Waals surface area contributed by atoms with Crippen LogP contribution in [0.5, 0.6) is 5.75 Å². The van der Waals surface area contributed by atoms with Gasteiger partial charge in [-0.2, -0.15) is 0 Å². The van der Waals surface area contributed by atoms with Gasteiger partial charge in [0, 0.05) is 29.5 Å². The summed E-state index contributed by atoms with van der Waals surface area (Å²) >= 11 is 0. The molecule has 6 nitrogen and oxygen atoms in total. The van der Waals surface area contributed by atoms with Crippen LogP contribution in [0.3, 0.4) is 0 Å². The lowest BCUT2D eigenvalue weighted by molar-refractivity contribution is 0.262. The molecule has 0 fully saturated rings. The minimum Gasteiger partial charge on any atom is -0.497 e. The maximum absolute atomic E-state index is 12.9. The van der Waals surface area contributed by atoms with Crippen molar-refractivity contribution in [2.45, 2.75) is 0 Å². The number of benzene rings is 2. The van der Waals surface area contributed by atoms with Crippen LogP contribution in [0.15, 0.2) is 47.5 Å². The summed E-state index contributed by atoms with van der Waals surface area (Å²) in [5, 5.41) is 8.56. The first kappa shape index (κ1) is 15.8. The Hall–Kier alpha value is -3.09. The van der Waals surface area contributed by atoms with E-state index >= 15 is 0 Å². The first-order valence-electron chi connectivity index (χ1n) is 7.45. The summed E-state index contributed by atoms with van der Waals surface area (Å²) in [5.41, 5.74) is 1.91. The highest BCUT2D eigenvalue weighted by Crippen LogP contribution is 2.22. The second-order valence-corrected chi connectivity index (χ2v) is 5.19. The van der Waals surface area contributed by atoms with E-state index in [9.17, 15) is 9.18 Å². The maximum atomic E-state index is 12.9. The van der Waals surface area contributed by atoms with Gasteiger partial charge >= 0.3 is 6.03 Å². The van der Waals surface area contributed by atoms with Gasteiger partial charge in [-0.05, 0) is 36.4 Å². The number of amides is 2. The van der Waals surface area contributed by atoms with Crippen LogP contribution in [0.1, 0.15) is 5.56 Å². The molecule has 0 saturated heterocycles. The highest BCUT2D eigenvalue weighted by Gasteiger charge is 2.12. The fraction of sp³-hybridized carbons (Fsp3) is 0.176. The number of aliphatic imine (C=N–C) groups is 1. The van der Waals surface area contributed by atoms with Gasteiger partial charge in [0.2, 0.25) is 0 Å². The predicted octanol–water partition coefficient (Wildman–Crippen LogP) is 2.83. The molecule has 0 saturated carbocycles. The van der Waals surface area contributed by atoms with Crippen LogP contribution in [0.2, 0.25) is 0 Å². The van der Waals surface area contributed by atoms with E-state index in [1.807, 2.05) is 12.1 Å². The van der Waals surface area contributed by atoms with Crippen molar-refractivity contribution in [1.29, 1.82) is 0 Å². The molecular weight excluding hydrogens is 311 g/mol. The van der Waals surface area contributed by atoms with Crippen LogP contribution in [0, 0.1) is 5.82 Å². The molecule has 0 aromatic heterocycles. The molecule has 0 radical (unpaired) electrons. The molecule has 0 spiro atoms. The van der Waals surface area contributed by atoms with Crippen molar-refractivity contribution in [3.8, 4) is 5.75 Å². The molecule has 1 heterocycles. The number of anilines is 2. The van der Waals surface area contributed by atoms with Gasteiger partial charge < -0.3 is 20.7 Å². The van der Waals surface area contributed by atoms with Gasteiger partial charge in [0.25, 0.3) is 0 Å². The SMILES string of the molecule is COc1cc(NC(=O)Nc2ccc(F)cc2)cc(C2=NCCN2)c1. The Morgan fingerprint density at radius 1 is 1.17 bits per heavy atom. The van der Waals surface area contributed by atoms with Gasteiger partial charge in [-0.25, -0.2) is 9.18 Å². The van der Waals surface area contributed by atoms with Crippen LogP contribution >= 0.6 is 0 Å². The standard InChI is InChI=1S/C17H17FN4O2/c1-24-15-9-11(16-19-6-7-20-16)8-14(10-15)22-17(23)21-13-4-2-12(18)3-5-13/h2-5,8-10H,6-7H2,1H3,(H,19,20)(H2,21,22,23). The molecule has 1 aliphatic rings. The Labute approximate surface area is 138 Å². The van der Waals surface area contributed by atoms with E-state index in [2.05, 4.69) is 20.9 Å². The largest absolute Gasteiger partial charge is 0.497 e. The van der Waals surface area contributed by atoms with Gasteiger partial charge in [0.1, 0.15) is 17.4 Å². The van der Waals surface area contributed by atoms with E-state index < -0.39 is 6.03 Å². The number of hydrogen-bond acceptors (Lipinski definition) is 4. The van der Waals surface area contributed by atoms with Crippen molar-refractivity contribution < 1.29 is 13.9 Å². The smallest absolute Gasteiger partial charge is 0.323 e. The van der Waals surface area contributed by atoms with Gasteiger partial charge in [0.15, 0.2) is 0 Å². The quantitative estimate of drug-likeness (QED) is 0.808. The molecule has 3 rings (SSSR count). The summed E-state index contributed by atoms with van der Waals surface area (Å²) in [4.78, 5) is 16.5. The lowest BCUT2D eigenvalue weighted by Gasteiger charge is -2.12. The maximum Gasteiger partial charge on any atom is 0.323 e. The van der Waals surface area contributed by atoms with Crippen molar-refractivity contribution >= 4 is 23.2 Å². The summed E-state index contributed by atoms with van der Waals surface area (Å²) in [6, 6.07) is 10.5. The molecule has 0 unspecified atom stereocenters. The third kappa shape index (κ3) is 3.81. The third-order valence-electron chi connectivity index (χ3n) is 3.45. The van der Waals surface area contributed by atoms with Crippen LogP contribution in [0.25, 0.3) is 0 Å². The monoisotopic (exact) mass is 328 g/mol. The van der Waals surface area contributed by atoms with E-state index in [4.69, 9.17) is 4.74 Å². The molecule has 7 heteroatoms. The number of halogens is 1. The molecule has 2 amide bonds. The number of urea groups is 1. The zero-order valence-electron chi connectivity index (χ0n) is 13.1. The topological polar surface area (TPSA) is 74.8 Å². The average Bonchev–Trinajstić information content (AvgIpc) is 3.11. The zero-order valence-corrected chi connectivity index (χ0v) is 13.1. The Morgan fingerprint density at radius 2 is 1.92 bits per heavy atom. The first-order valence-corrected chi connectivity index (χ1v) is 7.45. The van der Waals surface area contributed by atoms with Crippen LogP contribution in [-0.4, -0.2) is 32.1 Å². The second-order valence-electron chi connectivity index (χ2n) is 5.19. The van der Waals surface area contributed by atoms with Crippen molar-refractivity contribution in [3.63, 3.8) is 0 Å². The average molecular weight is 328 g/mol. The van der Waals surface area contributed by atoms with E-state index in [0.717, 1.165) is 24.5 Å². The fourth-order valence-corrected chi connectivity index (χ4v) is 2.34. The number of carbonyl (C=O) groups is 1. The van der Waals surface area contributed by atoms with Crippen molar-refractivity contribution in [2.24, 2.45) is 4.99 Å². The molecule has 2 aromatic rings. The first-order chi connectivity index (χ1) is 11.6. The number of ether oxygens (including phenoxy) is 1. The highest BCUT2D eigenvalue weighted by molar-refractivity contribution is 6.03. The Bertz CT molecular complexity index is 775. The van der Waals surface area contributed by atoms with Gasteiger partial charge in [-0.3, -0.25) is 4.99 Å². The summed E-state index contributed by atoms with van der Waals surface area (Å²) < 4.78 is 18.2. The molecule has 124 valence electrons. The molecule has 0 aliphatic carbocycles. The lowest BCUT2D eigenvalue weighted by atomic mass is 10.1. The molecule has 0 bridgehead atoms. The molecule has 24 heavy (non-hydrogen) atoms. The number of nitrogens with zero attached hydrogens (tertiary/aromatic N) is 1. The van der Waals surface area contributed by atoms with Crippen molar-refractivity contribution in [3.05, 3.63) is 53.8 Å². The normalized spacial score (nSPS) is 13.0. The third-order valence-corrected chi connectivity index (χ3v) is 3.45. The van der Waals surface area contributed by atoms with Crippen molar-refractivity contribution in [2.75, 3.05) is 30.8 Å². The predicted molar refractivity (Wildman–Crippen MR) is 91.4 cm³/mol. The van der Waals surface area contributed by atoms with Crippen LogP contribution in [0.4, 0.5) is 20.6 Å². The number of methoxy groups -OCH3 is 1. The van der Waals surface area contributed by atoms with Crippen molar-refractivity contribution in [1.82, 2.24) is 5.32 Å². The van der Waals surface area contributed by atoms with E-state index in [1.165, 1.54) is 24.3 Å². The second kappa shape index (κ2) is 6.99. The highest BCUT2D eigenvalue weighted by atomic mass is 19.1. The Balaban J connectivity index is 1.74. The van der Waals surface area contributed by atoms with E-state index in [-0.39, 0.29) is 5.82 Å². The van der Waals surface area contributed by atoms with Gasteiger partial charge in [-0.15, -0.1) is 0 Å². The number of rotatable bonds is 4.